The zero-order valence-corrected chi connectivity index (χ0v) is 11.8. The highest BCUT2D eigenvalue weighted by Gasteiger charge is 2.38. The lowest BCUT2D eigenvalue weighted by atomic mass is 10.0. The van der Waals surface area contributed by atoms with E-state index in [1.807, 2.05) is 0 Å². The van der Waals surface area contributed by atoms with Crippen molar-refractivity contribution in [2.45, 2.75) is 33.2 Å². The molecule has 0 rings (SSSR count). The maximum absolute atomic E-state index is 11.0. The van der Waals surface area contributed by atoms with Crippen molar-refractivity contribution >= 4 is 5.97 Å². The second-order valence-electron chi connectivity index (χ2n) is 4.65. The highest BCUT2D eigenvalue weighted by Crippen LogP contribution is 2.22. The predicted octanol–water partition coefficient (Wildman–Crippen LogP) is -1.02. The number of quaternary nitrogens is 1. The highest BCUT2D eigenvalue weighted by molar-refractivity contribution is 5.81. The minimum Gasteiger partial charge on any atom is -1.00 e. The molecule has 96 valence electrons. The summed E-state index contributed by atoms with van der Waals surface area (Å²) in [6.45, 7) is 14.4. The molecule has 0 radical (unpaired) electrons. The zero-order valence-electron chi connectivity index (χ0n) is 11.0. The van der Waals surface area contributed by atoms with E-state index in [1.165, 1.54) is 6.08 Å². The van der Waals surface area contributed by atoms with E-state index in [-0.39, 0.29) is 23.9 Å². The molecular weight excluding hydrogens is 226 g/mol. The normalized spacial score (nSPS) is 11.6. The summed E-state index contributed by atoms with van der Waals surface area (Å²) in [7, 11) is 2.18. The van der Waals surface area contributed by atoms with Crippen LogP contribution < -0.4 is 12.4 Å². The molecule has 0 aromatic heterocycles. The summed E-state index contributed by atoms with van der Waals surface area (Å²) in [6, 6.07) is 0. The van der Waals surface area contributed by atoms with E-state index >= 15 is 0 Å². The molecule has 0 unspecified atom stereocenters. The standard InChI is InChI=1S/C12H24NO2.ClH/c1-7-11(14)15-10-12(4,5)13(6,8-2)9-3;/h7H,1,8-10H2,2-6H3;1H/q+1;/p-1. The number of likely N-dealkylation sites (N-methyl/N-ethyl adjacent to an activating group) is 1. The van der Waals surface area contributed by atoms with Gasteiger partial charge in [-0.15, -0.1) is 0 Å². The third-order valence-electron chi connectivity index (χ3n) is 3.59. The van der Waals surface area contributed by atoms with Crippen molar-refractivity contribution in [2.24, 2.45) is 0 Å². The van der Waals surface area contributed by atoms with Gasteiger partial charge >= 0.3 is 5.97 Å². The molecule has 0 saturated heterocycles. The Labute approximate surface area is 105 Å². The quantitative estimate of drug-likeness (QED) is 0.343. The van der Waals surface area contributed by atoms with E-state index < -0.39 is 0 Å². The summed E-state index contributed by atoms with van der Waals surface area (Å²) in [4.78, 5) is 11.0. The number of hydrogen-bond donors (Lipinski definition) is 0. The van der Waals surface area contributed by atoms with Crippen molar-refractivity contribution in [1.29, 1.82) is 0 Å². The van der Waals surface area contributed by atoms with Crippen molar-refractivity contribution < 1.29 is 26.4 Å². The lowest BCUT2D eigenvalue weighted by Crippen LogP contribution is -3.00. The SMILES string of the molecule is C=CC(=O)OCC(C)(C)[N+](C)(CC)CC.[Cl-]. The highest BCUT2D eigenvalue weighted by atomic mass is 35.5. The first-order valence-electron chi connectivity index (χ1n) is 5.46. The first-order chi connectivity index (χ1) is 6.83. The molecule has 0 N–H and O–H groups in total. The van der Waals surface area contributed by atoms with Crippen LogP contribution in [0.15, 0.2) is 12.7 Å². The van der Waals surface area contributed by atoms with Crippen LogP contribution >= 0.6 is 0 Å². The molecule has 0 spiro atoms. The lowest BCUT2D eigenvalue weighted by molar-refractivity contribution is -0.952. The molecule has 0 fully saturated rings. The van der Waals surface area contributed by atoms with E-state index in [4.69, 9.17) is 4.74 Å². The van der Waals surface area contributed by atoms with Gasteiger partial charge in [0.2, 0.25) is 0 Å². The Kier molecular flexibility index (Phi) is 7.71. The van der Waals surface area contributed by atoms with Gasteiger partial charge in [0, 0.05) is 6.08 Å². The molecule has 0 aliphatic heterocycles. The van der Waals surface area contributed by atoms with Gasteiger partial charge in [-0.25, -0.2) is 4.79 Å². The van der Waals surface area contributed by atoms with Crippen molar-refractivity contribution in [3.63, 3.8) is 0 Å². The molecule has 0 aromatic carbocycles. The summed E-state index contributed by atoms with van der Waals surface area (Å²) in [5, 5.41) is 0. The zero-order chi connectivity index (χ0) is 12.1. The summed E-state index contributed by atoms with van der Waals surface area (Å²) < 4.78 is 6.02. The Morgan fingerprint density at radius 3 is 2.12 bits per heavy atom. The molecule has 0 atom stereocenters. The summed E-state index contributed by atoms with van der Waals surface area (Å²) in [5.74, 6) is -0.346. The van der Waals surface area contributed by atoms with Gasteiger partial charge in [0.05, 0.1) is 20.1 Å². The van der Waals surface area contributed by atoms with Crippen LogP contribution in [-0.2, 0) is 9.53 Å². The molecule has 0 amide bonds. The number of halogens is 1. The van der Waals surface area contributed by atoms with E-state index in [0.717, 1.165) is 17.6 Å². The Morgan fingerprint density at radius 2 is 1.81 bits per heavy atom. The minimum absolute atomic E-state index is 0. The molecule has 0 aliphatic carbocycles. The Balaban J connectivity index is 0. The third-order valence-corrected chi connectivity index (χ3v) is 3.59. The van der Waals surface area contributed by atoms with Crippen LogP contribution in [0.3, 0.4) is 0 Å². The van der Waals surface area contributed by atoms with Crippen LogP contribution in [0.2, 0.25) is 0 Å². The van der Waals surface area contributed by atoms with Crippen LogP contribution in [-0.4, -0.2) is 42.7 Å². The van der Waals surface area contributed by atoms with E-state index in [1.54, 1.807) is 0 Å². The van der Waals surface area contributed by atoms with Crippen molar-refractivity contribution in [3.05, 3.63) is 12.7 Å². The number of nitrogens with zero attached hydrogens (tertiary/aromatic N) is 1. The first kappa shape index (κ1) is 17.8. The number of hydrogen-bond acceptors (Lipinski definition) is 2. The van der Waals surface area contributed by atoms with Gasteiger partial charge < -0.3 is 21.6 Å². The van der Waals surface area contributed by atoms with E-state index in [9.17, 15) is 4.79 Å². The number of rotatable bonds is 6. The van der Waals surface area contributed by atoms with Gasteiger partial charge in [-0.1, -0.05) is 6.58 Å². The molecule has 16 heavy (non-hydrogen) atoms. The lowest BCUT2D eigenvalue weighted by Gasteiger charge is -2.45. The molecular formula is C12H24ClNO2. The Morgan fingerprint density at radius 1 is 1.38 bits per heavy atom. The number of esters is 1. The molecule has 0 heterocycles. The summed E-state index contributed by atoms with van der Waals surface area (Å²) >= 11 is 0. The topological polar surface area (TPSA) is 26.3 Å². The molecule has 0 aliphatic rings. The Hall–Kier alpha value is -0.540. The van der Waals surface area contributed by atoms with Crippen molar-refractivity contribution in [1.82, 2.24) is 0 Å². The molecule has 0 aromatic rings. The van der Waals surface area contributed by atoms with Crippen LogP contribution in [0.5, 0.6) is 0 Å². The number of carbonyl (C=O) groups is 1. The van der Waals surface area contributed by atoms with Crippen LogP contribution in [0.4, 0.5) is 0 Å². The minimum atomic E-state index is -0.346. The van der Waals surface area contributed by atoms with Crippen LogP contribution in [0, 0.1) is 0 Å². The largest absolute Gasteiger partial charge is 1.00 e. The first-order valence-corrected chi connectivity index (χ1v) is 5.46. The average molecular weight is 250 g/mol. The van der Waals surface area contributed by atoms with Gasteiger partial charge in [-0.05, 0) is 27.7 Å². The van der Waals surface area contributed by atoms with Gasteiger partial charge in [-0.3, -0.25) is 0 Å². The fourth-order valence-electron chi connectivity index (χ4n) is 1.54. The van der Waals surface area contributed by atoms with E-state index in [2.05, 4.69) is 41.3 Å². The maximum atomic E-state index is 11.0. The summed E-state index contributed by atoms with van der Waals surface area (Å²) in [6.07, 6.45) is 1.21. The number of ether oxygens (including phenoxy) is 1. The molecule has 4 heteroatoms. The molecule has 3 nitrogen and oxygen atoms in total. The smallest absolute Gasteiger partial charge is 0.330 e. The van der Waals surface area contributed by atoms with Crippen LogP contribution in [0.1, 0.15) is 27.7 Å². The van der Waals surface area contributed by atoms with E-state index in [0.29, 0.717) is 6.61 Å². The second-order valence-corrected chi connectivity index (χ2v) is 4.65. The van der Waals surface area contributed by atoms with Crippen LogP contribution in [0.25, 0.3) is 0 Å². The fraction of sp³-hybridized carbons (Fsp3) is 0.750. The molecule has 0 saturated carbocycles. The Bertz CT molecular complexity index is 235. The van der Waals surface area contributed by atoms with Gasteiger partial charge in [0.15, 0.2) is 0 Å². The third kappa shape index (κ3) is 4.14. The number of carbonyl (C=O) groups excluding carboxylic acids is 1. The van der Waals surface area contributed by atoms with Crippen molar-refractivity contribution in [2.75, 3.05) is 26.7 Å². The van der Waals surface area contributed by atoms with Crippen molar-refractivity contribution in [3.8, 4) is 0 Å². The van der Waals surface area contributed by atoms with Gasteiger partial charge in [-0.2, -0.15) is 0 Å². The monoisotopic (exact) mass is 249 g/mol. The molecule has 0 bridgehead atoms. The maximum Gasteiger partial charge on any atom is 0.330 e. The second kappa shape index (κ2) is 6.92. The van der Waals surface area contributed by atoms with Gasteiger partial charge in [0.1, 0.15) is 12.1 Å². The predicted molar refractivity (Wildman–Crippen MR) is 62.5 cm³/mol. The fourth-order valence-corrected chi connectivity index (χ4v) is 1.54. The average Bonchev–Trinajstić information content (AvgIpc) is 2.24. The van der Waals surface area contributed by atoms with Gasteiger partial charge in [0.25, 0.3) is 0 Å². The summed E-state index contributed by atoms with van der Waals surface area (Å²) in [5.41, 5.74) is -0.0673.